The first-order valence-electron chi connectivity index (χ1n) is 7.67. The maximum atomic E-state index is 12.6. The fourth-order valence-corrected chi connectivity index (χ4v) is 3.59. The quantitative estimate of drug-likeness (QED) is 0.735. The van der Waals surface area contributed by atoms with Gasteiger partial charge in [0.2, 0.25) is 5.91 Å². The summed E-state index contributed by atoms with van der Waals surface area (Å²) in [5.41, 5.74) is 0. The smallest absolute Gasteiger partial charge is 0.323 e. The van der Waals surface area contributed by atoms with E-state index in [0.29, 0.717) is 18.6 Å². The molecule has 114 valence electrons. The zero-order valence-corrected chi connectivity index (χ0v) is 12.8. The van der Waals surface area contributed by atoms with E-state index in [4.69, 9.17) is 4.74 Å². The molecular weight excluding hydrogens is 256 g/mol. The molecule has 2 saturated heterocycles. The van der Waals surface area contributed by atoms with Gasteiger partial charge in [-0.2, -0.15) is 0 Å². The Morgan fingerprint density at radius 1 is 1.10 bits per heavy atom. The number of nitrogens with zero attached hydrogens (tertiary/aromatic N) is 2. The highest BCUT2D eigenvalue weighted by atomic mass is 16.5. The third kappa shape index (κ3) is 3.14. The molecular formula is C15H26N2O3. The second-order valence-corrected chi connectivity index (χ2v) is 6.08. The number of methoxy groups -OCH3 is 1. The van der Waals surface area contributed by atoms with E-state index >= 15 is 0 Å². The Hall–Kier alpha value is -1.10. The summed E-state index contributed by atoms with van der Waals surface area (Å²) in [6.45, 7) is 5.39. The van der Waals surface area contributed by atoms with E-state index in [-0.39, 0.29) is 17.9 Å². The van der Waals surface area contributed by atoms with Crippen molar-refractivity contribution in [3.8, 4) is 0 Å². The molecule has 2 aliphatic rings. The van der Waals surface area contributed by atoms with Crippen molar-refractivity contribution < 1.29 is 14.3 Å². The summed E-state index contributed by atoms with van der Waals surface area (Å²) in [6, 6.07) is 0.384. The maximum absolute atomic E-state index is 12.6. The van der Waals surface area contributed by atoms with Gasteiger partial charge in [0.25, 0.3) is 0 Å². The number of carbonyl (C=O) groups is 2. The monoisotopic (exact) mass is 282 g/mol. The van der Waals surface area contributed by atoms with Gasteiger partial charge in [-0.05, 0) is 52.5 Å². The Morgan fingerprint density at radius 2 is 1.75 bits per heavy atom. The van der Waals surface area contributed by atoms with E-state index in [1.807, 2.05) is 9.80 Å². The largest absolute Gasteiger partial charge is 0.468 e. The van der Waals surface area contributed by atoms with Crippen molar-refractivity contribution in [1.29, 1.82) is 0 Å². The highest BCUT2D eigenvalue weighted by Gasteiger charge is 2.35. The first-order chi connectivity index (χ1) is 9.54. The first kappa shape index (κ1) is 15.3. The van der Waals surface area contributed by atoms with Crippen LogP contribution in [-0.2, 0) is 14.3 Å². The van der Waals surface area contributed by atoms with Crippen LogP contribution >= 0.6 is 0 Å². The number of carbonyl (C=O) groups excluding carboxylic acids is 2. The topological polar surface area (TPSA) is 49.9 Å². The molecule has 1 amide bonds. The molecule has 0 aromatic rings. The van der Waals surface area contributed by atoms with Crippen LogP contribution in [0.15, 0.2) is 0 Å². The third-order valence-electron chi connectivity index (χ3n) is 4.66. The SMILES string of the molecule is COC(=O)[C@H]1CCCN1CC(=O)N1[C@H](C)CCC[C@@H]1C. The number of hydrogen-bond acceptors (Lipinski definition) is 4. The van der Waals surface area contributed by atoms with E-state index in [1.54, 1.807) is 0 Å². The van der Waals surface area contributed by atoms with Crippen LogP contribution in [0.25, 0.3) is 0 Å². The fourth-order valence-electron chi connectivity index (χ4n) is 3.59. The molecule has 0 radical (unpaired) electrons. The van der Waals surface area contributed by atoms with Crippen molar-refractivity contribution in [2.45, 2.75) is 64.1 Å². The van der Waals surface area contributed by atoms with Crippen molar-refractivity contribution in [2.75, 3.05) is 20.2 Å². The van der Waals surface area contributed by atoms with Gasteiger partial charge in [-0.25, -0.2) is 0 Å². The summed E-state index contributed by atoms with van der Waals surface area (Å²) >= 11 is 0. The zero-order valence-electron chi connectivity index (χ0n) is 12.8. The summed E-state index contributed by atoms with van der Waals surface area (Å²) in [5, 5.41) is 0. The van der Waals surface area contributed by atoms with Gasteiger partial charge in [0, 0.05) is 12.1 Å². The predicted octanol–water partition coefficient (Wildman–Crippen LogP) is 1.41. The summed E-state index contributed by atoms with van der Waals surface area (Å²) in [6.07, 6.45) is 5.11. The van der Waals surface area contributed by atoms with Crippen LogP contribution in [-0.4, -0.2) is 60.0 Å². The third-order valence-corrected chi connectivity index (χ3v) is 4.66. The molecule has 0 unspecified atom stereocenters. The Balaban J connectivity index is 1.98. The average molecular weight is 282 g/mol. The Morgan fingerprint density at radius 3 is 2.35 bits per heavy atom. The molecule has 0 saturated carbocycles. The summed E-state index contributed by atoms with van der Waals surface area (Å²) in [5.74, 6) is -0.0597. The average Bonchev–Trinajstić information content (AvgIpc) is 2.85. The summed E-state index contributed by atoms with van der Waals surface area (Å²) in [7, 11) is 1.41. The lowest BCUT2D eigenvalue weighted by Crippen LogP contribution is -2.52. The molecule has 0 aliphatic carbocycles. The molecule has 0 spiro atoms. The number of amides is 1. The Bertz CT molecular complexity index is 362. The lowest BCUT2D eigenvalue weighted by molar-refractivity contribution is -0.147. The minimum Gasteiger partial charge on any atom is -0.468 e. The normalized spacial score (nSPS) is 31.4. The molecule has 0 aromatic carbocycles. The van der Waals surface area contributed by atoms with E-state index in [0.717, 1.165) is 32.2 Å². The lowest BCUT2D eigenvalue weighted by Gasteiger charge is -2.40. The van der Waals surface area contributed by atoms with Crippen molar-refractivity contribution in [3.63, 3.8) is 0 Å². The molecule has 0 aromatic heterocycles. The number of likely N-dealkylation sites (tertiary alicyclic amines) is 2. The molecule has 0 N–H and O–H groups in total. The van der Waals surface area contributed by atoms with Gasteiger partial charge in [-0.3, -0.25) is 14.5 Å². The molecule has 2 rings (SSSR count). The van der Waals surface area contributed by atoms with Crippen molar-refractivity contribution in [3.05, 3.63) is 0 Å². The van der Waals surface area contributed by atoms with Crippen LogP contribution in [0, 0.1) is 0 Å². The highest BCUT2D eigenvalue weighted by molar-refractivity contribution is 5.81. The van der Waals surface area contributed by atoms with E-state index in [9.17, 15) is 9.59 Å². The minimum atomic E-state index is -0.237. The van der Waals surface area contributed by atoms with E-state index < -0.39 is 0 Å². The molecule has 5 heteroatoms. The molecule has 0 bridgehead atoms. The standard InChI is InChI=1S/C15H26N2O3/c1-11-6-4-7-12(2)17(11)14(18)10-16-9-5-8-13(16)15(19)20-3/h11-13H,4-10H2,1-3H3/t11-,12+,13-/m1/s1. The van der Waals surface area contributed by atoms with Gasteiger partial charge in [0.1, 0.15) is 6.04 Å². The number of esters is 1. The molecule has 2 heterocycles. The number of ether oxygens (including phenoxy) is 1. The Kier molecular flexibility index (Phi) is 5.02. The van der Waals surface area contributed by atoms with Gasteiger partial charge in [0.05, 0.1) is 13.7 Å². The van der Waals surface area contributed by atoms with Crippen molar-refractivity contribution in [2.24, 2.45) is 0 Å². The molecule has 2 fully saturated rings. The second-order valence-electron chi connectivity index (χ2n) is 6.08. The maximum Gasteiger partial charge on any atom is 0.323 e. The summed E-state index contributed by atoms with van der Waals surface area (Å²) < 4.78 is 4.83. The lowest BCUT2D eigenvalue weighted by atomic mass is 9.97. The van der Waals surface area contributed by atoms with Crippen LogP contribution in [0.2, 0.25) is 0 Å². The first-order valence-corrected chi connectivity index (χ1v) is 7.67. The van der Waals surface area contributed by atoms with Crippen molar-refractivity contribution >= 4 is 11.9 Å². The van der Waals surface area contributed by atoms with Gasteiger partial charge in [-0.1, -0.05) is 0 Å². The van der Waals surface area contributed by atoms with Gasteiger partial charge >= 0.3 is 5.97 Å². The number of hydrogen-bond donors (Lipinski definition) is 0. The highest BCUT2D eigenvalue weighted by Crippen LogP contribution is 2.24. The van der Waals surface area contributed by atoms with Gasteiger partial charge in [-0.15, -0.1) is 0 Å². The van der Waals surface area contributed by atoms with Crippen LogP contribution in [0.5, 0.6) is 0 Å². The molecule has 5 nitrogen and oxygen atoms in total. The Labute approximate surface area is 121 Å². The predicted molar refractivity (Wildman–Crippen MR) is 76.2 cm³/mol. The van der Waals surface area contributed by atoms with Crippen LogP contribution in [0.4, 0.5) is 0 Å². The number of rotatable bonds is 3. The van der Waals surface area contributed by atoms with E-state index in [1.165, 1.54) is 13.5 Å². The summed E-state index contributed by atoms with van der Waals surface area (Å²) in [4.78, 5) is 28.3. The van der Waals surface area contributed by atoms with E-state index in [2.05, 4.69) is 13.8 Å². The van der Waals surface area contributed by atoms with Crippen LogP contribution in [0.3, 0.4) is 0 Å². The van der Waals surface area contributed by atoms with Crippen LogP contribution < -0.4 is 0 Å². The minimum absolute atomic E-state index is 0.153. The zero-order chi connectivity index (χ0) is 14.7. The molecule has 20 heavy (non-hydrogen) atoms. The van der Waals surface area contributed by atoms with Crippen LogP contribution in [0.1, 0.15) is 46.0 Å². The number of piperidine rings is 1. The molecule has 3 atom stereocenters. The van der Waals surface area contributed by atoms with Gasteiger partial charge in [0.15, 0.2) is 0 Å². The fraction of sp³-hybridized carbons (Fsp3) is 0.867. The van der Waals surface area contributed by atoms with Gasteiger partial charge < -0.3 is 9.64 Å². The second kappa shape index (κ2) is 6.57. The van der Waals surface area contributed by atoms with Crippen molar-refractivity contribution in [1.82, 2.24) is 9.80 Å². The molecule has 2 aliphatic heterocycles.